The summed E-state index contributed by atoms with van der Waals surface area (Å²) in [7, 11) is 0. The summed E-state index contributed by atoms with van der Waals surface area (Å²) in [4.78, 5) is 49.7. The van der Waals surface area contributed by atoms with E-state index in [-0.39, 0.29) is 17.7 Å². The zero-order valence-corrected chi connectivity index (χ0v) is 15.7. The first-order valence-electron chi connectivity index (χ1n) is 8.53. The van der Waals surface area contributed by atoms with Crippen molar-refractivity contribution in [2.75, 3.05) is 6.61 Å². The molecule has 0 unspecified atom stereocenters. The maximum atomic E-state index is 12.4. The highest BCUT2D eigenvalue weighted by Gasteiger charge is 2.41. The summed E-state index contributed by atoms with van der Waals surface area (Å²) < 4.78 is 4.96. The maximum Gasteiger partial charge on any atom is 0.329 e. The lowest BCUT2D eigenvalue weighted by molar-refractivity contribution is -0.151. The predicted octanol–water partition coefficient (Wildman–Crippen LogP) is 2.18. The molecule has 0 saturated heterocycles. The van der Waals surface area contributed by atoms with E-state index in [9.17, 15) is 19.2 Å². The van der Waals surface area contributed by atoms with Gasteiger partial charge in [-0.05, 0) is 36.8 Å². The van der Waals surface area contributed by atoms with E-state index in [1.54, 1.807) is 36.4 Å². The summed E-state index contributed by atoms with van der Waals surface area (Å²) in [6.07, 6.45) is 0. The first-order chi connectivity index (χ1) is 13.4. The van der Waals surface area contributed by atoms with E-state index in [1.165, 1.54) is 19.1 Å². The van der Waals surface area contributed by atoms with Gasteiger partial charge in [-0.3, -0.25) is 19.3 Å². The van der Waals surface area contributed by atoms with Crippen LogP contribution >= 0.6 is 11.6 Å². The molecule has 8 heteroatoms. The van der Waals surface area contributed by atoms with E-state index in [4.69, 9.17) is 16.3 Å². The molecule has 1 atom stereocenters. The highest BCUT2D eigenvalue weighted by Crippen LogP contribution is 2.24. The lowest BCUT2D eigenvalue weighted by Crippen LogP contribution is -2.44. The van der Waals surface area contributed by atoms with Crippen LogP contribution in [-0.4, -0.2) is 41.2 Å². The van der Waals surface area contributed by atoms with Crippen LogP contribution in [0.1, 0.15) is 33.2 Å². The summed E-state index contributed by atoms with van der Waals surface area (Å²) in [5, 5.41) is 3.20. The minimum atomic E-state index is -1.14. The predicted molar refractivity (Wildman–Crippen MR) is 101 cm³/mol. The molecule has 28 heavy (non-hydrogen) atoms. The Labute approximate surface area is 166 Å². The SMILES string of the molecule is C[C@H](C(=O)OCC(=O)NCc1ccc(Cl)cc1)N1C(=O)c2ccccc2C1=O. The van der Waals surface area contributed by atoms with Crippen LogP contribution in [0.2, 0.25) is 5.02 Å². The standard InChI is InChI=1S/C20H17ClN2O5/c1-12(23-18(25)15-4-2-3-5-16(15)19(23)26)20(27)28-11-17(24)22-10-13-6-8-14(21)9-7-13/h2-9,12H,10-11H2,1H3,(H,22,24)/t12-/m1/s1. The molecule has 3 rings (SSSR count). The molecule has 1 heterocycles. The number of halogens is 1. The van der Waals surface area contributed by atoms with Crippen LogP contribution < -0.4 is 5.32 Å². The second-order valence-corrected chi connectivity index (χ2v) is 6.65. The Morgan fingerprint density at radius 3 is 2.18 bits per heavy atom. The third-order valence-corrected chi connectivity index (χ3v) is 4.55. The molecule has 1 aliphatic heterocycles. The third kappa shape index (κ3) is 4.04. The van der Waals surface area contributed by atoms with Crippen LogP contribution in [0.25, 0.3) is 0 Å². The average Bonchev–Trinajstić information content (AvgIpc) is 2.96. The number of fused-ring (bicyclic) bond motifs is 1. The van der Waals surface area contributed by atoms with E-state index in [0.29, 0.717) is 5.02 Å². The number of hydrogen-bond acceptors (Lipinski definition) is 5. The van der Waals surface area contributed by atoms with Gasteiger partial charge in [0.25, 0.3) is 17.7 Å². The third-order valence-electron chi connectivity index (χ3n) is 4.30. The summed E-state index contributed by atoms with van der Waals surface area (Å²) >= 11 is 5.80. The summed E-state index contributed by atoms with van der Waals surface area (Å²) in [6.45, 7) is 1.12. The number of nitrogens with zero attached hydrogens (tertiary/aromatic N) is 1. The van der Waals surface area contributed by atoms with Gasteiger partial charge in [0.15, 0.2) is 6.61 Å². The lowest BCUT2D eigenvalue weighted by Gasteiger charge is -2.20. The van der Waals surface area contributed by atoms with Gasteiger partial charge in [-0.1, -0.05) is 35.9 Å². The van der Waals surface area contributed by atoms with Crippen molar-refractivity contribution in [2.24, 2.45) is 0 Å². The Bertz CT molecular complexity index is 907. The molecule has 0 bridgehead atoms. The summed E-state index contributed by atoms with van der Waals surface area (Å²) in [6, 6.07) is 12.1. The van der Waals surface area contributed by atoms with Crippen molar-refractivity contribution in [1.29, 1.82) is 0 Å². The Kier molecular flexibility index (Phi) is 5.75. The molecule has 0 fully saturated rings. The second-order valence-electron chi connectivity index (χ2n) is 6.21. The molecule has 1 N–H and O–H groups in total. The summed E-state index contributed by atoms with van der Waals surface area (Å²) in [5.74, 6) is -2.46. The normalized spacial score (nSPS) is 13.9. The van der Waals surface area contributed by atoms with Crippen LogP contribution in [0.15, 0.2) is 48.5 Å². The highest BCUT2D eigenvalue weighted by molar-refractivity contribution is 6.30. The van der Waals surface area contributed by atoms with Gasteiger partial charge >= 0.3 is 5.97 Å². The minimum absolute atomic E-state index is 0.243. The van der Waals surface area contributed by atoms with Crippen molar-refractivity contribution in [3.8, 4) is 0 Å². The van der Waals surface area contributed by atoms with Crippen molar-refractivity contribution in [3.05, 3.63) is 70.2 Å². The van der Waals surface area contributed by atoms with Crippen LogP contribution in [0.3, 0.4) is 0 Å². The molecule has 2 aromatic carbocycles. The smallest absolute Gasteiger partial charge is 0.329 e. The van der Waals surface area contributed by atoms with Crippen LogP contribution in [0, 0.1) is 0 Å². The number of esters is 1. The highest BCUT2D eigenvalue weighted by atomic mass is 35.5. The number of hydrogen-bond donors (Lipinski definition) is 1. The van der Waals surface area contributed by atoms with Crippen LogP contribution in [0.5, 0.6) is 0 Å². The molecule has 2 aromatic rings. The van der Waals surface area contributed by atoms with Crippen molar-refractivity contribution in [3.63, 3.8) is 0 Å². The Hall–Kier alpha value is -3.19. The Morgan fingerprint density at radius 1 is 1.04 bits per heavy atom. The molecule has 0 radical (unpaired) electrons. The number of benzene rings is 2. The number of carbonyl (C=O) groups excluding carboxylic acids is 4. The van der Waals surface area contributed by atoms with Gasteiger partial charge in [-0.25, -0.2) is 4.79 Å². The fraction of sp³-hybridized carbons (Fsp3) is 0.200. The fourth-order valence-electron chi connectivity index (χ4n) is 2.78. The first kappa shape index (κ1) is 19.6. The first-order valence-corrected chi connectivity index (χ1v) is 8.91. The minimum Gasteiger partial charge on any atom is -0.454 e. The summed E-state index contributed by atoms with van der Waals surface area (Å²) in [5.41, 5.74) is 1.32. The van der Waals surface area contributed by atoms with Crippen molar-refractivity contribution in [1.82, 2.24) is 10.2 Å². The molecular formula is C20H17ClN2O5. The number of ether oxygens (including phenoxy) is 1. The number of amides is 3. The molecule has 7 nitrogen and oxygen atoms in total. The quantitative estimate of drug-likeness (QED) is 0.592. The monoisotopic (exact) mass is 400 g/mol. The molecular weight excluding hydrogens is 384 g/mol. The van der Waals surface area contributed by atoms with E-state index in [0.717, 1.165) is 10.5 Å². The van der Waals surface area contributed by atoms with Gasteiger partial charge in [0.05, 0.1) is 11.1 Å². The van der Waals surface area contributed by atoms with Gasteiger partial charge in [0.2, 0.25) is 0 Å². The molecule has 1 aliphatic rings. The lowest BCUT2D eigenvalue weighted by atomic mass is 10.1. The Balaban J connectivity index is 1.52. The average molecular weight is 401 g/mol. The van der Waals surface area contributed by atoms with Gasteiger partial charge in [0, 0.05) is 11.6 Å². The molecule has 144 valence electrons. The molecule has 0 aliphatic carbocycles. The van der Waals surface area contributed by atoms with Crippen molar-refractivity contribution < 1.29 is 23.9 Å². The second kappa shape index (κ2) is 8.22. The van der Waals surface area contributed by atoms with Gasteiger partial charge in [0.1, 0.15) is 6.04 Å². The zero-order chi connectivity index (χ0) is 20.3. The topological polar surface area (TPSA) is 92.8 Å². The van der Waals surface area contributed by atoms with Crippen molar-refractivity contribution in [2.45, 2.75) is 19.5 Å². The van der Waals surface area contributed by atoms with E-state index < -0.39 is 36.3 Å². The van der Waals surface area contributed by atoms with Crippen molar-refractivity contribution >= 4 is 35.3 Å². The maximum absolute atomic E-state index is 12.4. The number of rotatable bonds is 6. The van der Waals surface area contributed by atoms with Gasteiger partial charge in [-0.2, -0.15) is 0 Å². The van der Waals surface area contributed by atoms with Crippen LogP contribution in [0.4, 0.5) is 0 Å². The molecule has 0 aromatic heterocycles. The van der Waals surface area contributed by atoms with Crippen LogP contribution in [-0.2, 0) is 20.9 Å². The van der Waals surface area contributed by atoms with E-state index in [2.05, 4.69) is 5.32 Å². The number of imide groups is 1. The fourth-order valence-corrected chi connectivity index (χ4v) is 2.90. The Morgan fingerprint density at radius 2 is 1.61 bits per heavy atom. The van der Waals surface area contributed by atoms with Gasteiger partial charge < -0.3 is 10.1 Å². The number of carbonyl (C=O) groups is 4. The largest absolute Gasteiger partial charge is 0.454 e. The molecule has 0 saturated carbocycles. The zero-order valence-electron chi connectivity index (χ0n) is 15.0. The van der Waals surface area contributed by atoms with E-state index in [1.807, 2.05) is 0 Å². The van der Waals surface area contributed by atoms with Gasteiger partial charge in [-0.15, -0.1) is 0 Å². The number of nitrogens with one attached hydrogen (secondary N) is 1. The molecule has 0 spiro atoms. The van der Waals surface area contributed by atoms with E-state index >= 15 is 0 Å². The molecule has 3 amide bonds.